The molecule has 0 aromatic carbocycles. The summed E-state index contributed by atoms with van der Waals surface area (Å²) in [5.41, 5.74) is 0. The molecule has 0 aromatic rings. The first-order valence-electron chi connectivity index (χ1n) is 34.6. The lowest BCUT2D eigenvalue weighted by Gasteiger charge is -2.40. The number of allylic oxidation sites excluding steroid dienone is 3. The summed E-state index contributed by atoms with van der Waals surface area (Å²) >= 11 is 0. The smallest absolute Gasteiger partial charge is 0.305 e. The zero-order valence-electron chi connectivity index (χ0n) is 52.3. The van der Waals surface area contributed by atoms with E-state index in [4.69, 9.17) is 14.2 Å². The molecule has 0 saturated carbocycles. The Morgan fingerprint density at radius 2 is 0.812 bits per heavy atom. The molecule has 80 heavy (non-hydrogen) atoms. The molecule has 1 aliphatic rings. The van der Waals surface area contributed by atoms with E-state index in [-0.39, 0.29) is 18.5 Å². The monoisotopic (exact) mass is 1130 g/mol. The molecule has 472 valence electrons. The molecule has 11 heteroatoms. The van der Waals surface area contributed by atoms with Gasteiger partial charge in [-0.25, -0.2) is 0 Å². The maximum atomic E-state index is 13.1. The predicted octanol–water partition coefficient (Wildman–Crippen LogP) is 17.2. The Morgan fingerprint density at radius 1 is 0.450 bits per heavy atom. The zero-order chi connectivity index (χ0) is 58.0. The van der Waals surface area contributed by atoms with Gasteiger partial charge in [0.25, 0.3) is 0 Å². The summed E-state index contributed by atoms with van der Waals surface area (Å²) in [5.74, 6) is -0.178. The molecule has 1 amide bonds. The molecule has 11 nitrogen and oxygen atoms in total. The molecule has 0 radical (unpaired) electrons. The number of nitrogens with one attached hydrogen (secondary N) is 1. The Labute approximate surface area is 492 Å². The number of unbranched alkanes of at least 4 members (excludes halogenated alkanes) is 45. The third-order valence-corrected chi connectivity index (χ3v) is 16.6. The number of carbonyl (C=O) groups is 2. The molecule has 0 aromatic heterocycles. The van der Waals surface area contributed by atoms with Gasteiger partial charge in [-0.2, -0.15) is 0 Å². The number of amides is 1. The van der Waals surface area contributed by atoms with E-state index in [1.807, 2.05) is 6.08 Å². The van der Waals surface area contributed by atoms with E-state index in [0.717, 1.165) is 51.4 Å². The normalized spacial score (nSPS) is 18.4. The van der Waals surface area contributed by atoms with Crippen LogP contribution in [0.1, 0.15) is 341 Å². The highest BCUT2D eigenvalue weighted by Gasteiger charge is 2.44. The van der Waals surface area contributed by atoms with Crippen LogP contribution in [-0.4, -0.2) is 100 Å². The van der Waals surface area contributed by atoms with Gasteiger partial charge in [-0.3, -0.25) is 9.59 Å². The van der Waals surface area contributed by atoms with Gasteiger partial charge in [0, 0.05) is 12.8 Å². The summed E-state index contributed by atoms with van der Waals surface area (Å²) < 4.78 is 16.7. The maximum absolute atomic E-state index is 13.1. The molecule has 7 atom stereocenters. The minimum Gasteiger partial charge on any atom is -0.466 e. The van der Waals surface area contributed by atoms with Crippen molar-refractivity contribution in [3.05, 3.63) is 24.3 Å². The molecule has 1 fully saturated rings. The zero-order valence-corrected chi connectivity index (χ0v) is 52.3. The van der Waals surface area contributed by atoms with Crippen LogP contribution in [0.2, 0.25) is 0 Å². The highest BCUT2D eigenvalue weighted by molar-refractivity contribution is 5.76. The highest BCUT2D eigenvalue weighted by atomic mass is 16.7. The summed E-state index contributed by atoms with van der Waals surface area (Å²) in [6, 6.07) is -0.824. The average Bonchev–Trinajstić information content (AvgIpc) is 3.46. The van der Waals surface area contributed by atoms with Crippen molar-refractivity contribution < 1.29 is 49.3 Å². The first-order chi connectivity index (χ1) is 39.2. The standard InChI is InChI=1S/C69H131NO10/c1-3-5-7-9-11-13-15-32-36-39-43-47-51-55-62(72)61(60-79-69-68(77)67(76)66(75)63(59-71)80-69)70-64(73)56-52-48-44-40-37-33-30-28-26-24-22-20-18-16-17-19-21-23-25-27-29-31-34-38-42-46-50-54-58-78-65(74)57-53-49-45-41-35-14-12-10-8-6-4-2/h36,39,51,55,61-63,66-69,71-72,75-77H,3-35,37-38,40-50,52-54,56-60H2,1-2H3,(H,70,73)/b39-36+,55-51+. The second-order valence-electron chi connectivity index (χ2n) is 24.2. The van der Waals surface area contributed by atoms with Crippen molar-refractivity contribution >= 4 is 11.9 Å². The van der Waals surface area contributed by atoms with Gasteiger partial charge in [0.15, 0.2) is 6.29 Å². The fraction of sp³-hybridized carbons (Fsp3) is 0.913. The Hall–Kier alpha value is -1.86. The first kappa shape index (κ1) is 76.2. The lowest BCUT2D eigenvalue weighted by molar-refractivity contribution is -0.302. The Bertz CT molecular complexity index is 1380. The molecule has 1 rings (SSSR count). The van der Waals surface area contributed by atoms with Crippen LogP contribution in [-0.2, 0) is 23.8 Å². The minimum absolute atomic E-state index is 0.00957. The van der Waals surface area contributed by atoms with Gasteiger partial charge in [0.05, 0.1) is 32.0 Å². The van der Waals surface area contributed by atoms with Gasteiger partial charge in [-0.15, -0.1) is 0 Å². The van der Waals surface area contributed by atoms with E-state index in [1.165, 1.54) is 263 Å². The summed E-state index contributed by atoms with van der Waals surface area (Å²) in [4.78, 5) is 25.1. The van der Waals surface area contributed by atoms with Crippen molar-refractivity contribution in [3.63, 3.8) is 0 Å². The van der Waals surface area contributed by atoms with Crippen LogP contribution in [0.3, 0.4) is 0 Å². The molecule has 1 heterocycles. The van der Waals surface area contributed by atoms with Crippen molar-refractivity contribution in [1.82, 2.24) is 5.32 Å². The summed E-state index contributed by atoms with van der Waals surface area (Å²) in [6.07, 6.45) is 63.1. The molecular weight excluding hydrogens is 1000 g/mol. The van der Waals surface area contributed by atoms with Gasteiger partial charge in [0.2, 0.25) is 5.91 Å². The van der Waals surface area contributed by atoms with E-state index < -0.39 is 49.5 Å². The first-order valence-corrected chi connectivity index (χ1v) is 34.6. The lowest BCUT2D eigenvalue weighted by Crippen LogP contribution is -2.60. The third-order valence-electron chi connectivity index (χ3n) is 16.6. The van der Waals surface area contributed by atoms with E-state index >= 15 is 0 Å². The topological polar surface area (TPSA) is 175 Å². The van der Waals surface area contributed by atoms with E-state index in [9.17, 15) is 35.1 Å². The second kappa shape index (κ2) is 58.9. The van der Waals surface area contributed by atoms with Gasteiger partial charge in [0.1, 0.15) is 24.4 Å². The SMILES string of the molecule is CCCCCCCCC/C=C/CC/C=C/C(O)C(COC1OC(CO)C(O)C(O)C1O)NC(=O)CCCCCCCCCCCCCCCCCCCCCCCCCCCCCCOC(=O)CCCCCCCCCCCCC. The maximum Gasteiger partial charge on any atom is 0.305 e. The Kier molecular flexibility index (Phi) is 56.1. The van der Waals surface area contributed by atoms with Crippen molar-refractivity contribution in [1.29, 1.82) is 0 Å². The molecule has 0 bridgehead atoms. The average molecular weight is 1130 g/mol. The van der Waals surface area contributed by atoms with Crippen LogP contribution < -0.4 is 5.32 Å². The van der Waals surface area contributed by atoms with Crippen LogP contribution in [0.15, 0.2) is 24.3 Å². The van der Waals surface area contributed by atoms with Crippen molar-refractivity contribution in [2.24, 2.45) is 0 Å². The van der Waals surface area contributed by atoms with E-state index in [2.05, 4.69) is 31.3 Å². The quantitative estimate of drug-likeness (QED) is 0.0195. The molecule has 1 aliphatic heterocycles. The lowest BCUT2D eigenvalue weighted by atomic mass is 9.99. The summed E-state index contributed by atoms with van der Waals surface area (Å²) in [5, 5.41) is 54.4. The van der Waals surface area contributed by atoms with Crippen molar-refractivity contribution in [3.8, 4) is 0 Å². The third kappa shape index (κ3) is 47.5. The fourth-order valence-electron chi connectivity index (χ4n) is 11.1. The Balaban J connectivity index is 1.98. The number of rotatable bonds is 61. The number of carbonyl (C=O) groups excluding carboxylic acids is 2. The van der Waals surface area contributed by atoms with Crippen LogP contribution in [0.4, 0.5) is 0 Å². The second-order valence-corrected chi connectivity index (χ2v) is 24.2. The number of aliphatic hydroxyl groups excluding tert-OH is 5. The van der Waals surface area contributed by atoms with Gasteiger partial charge < -0.3 is 45.1 Å². The van der Waals surface area contributed by atoms with E-state index in [0.29, 0.717) is 19.4 Å². The van der Waals surface area contributed by atoms with Crippen LogP contribution in [0, 0.1) is 0 Å². The van der Waals surface area contributed by atoms with Crippen LogP contribution >= 0.6 is 0 Å². The fourth-order valence-corrected chi connectivity index (χ4v) is 11.1. The minimum atomic E-state index is -1.57. The Morgan fingerprint density at radius 3 is 1.24 bits per heavy atom. The summed E-state index contributed by atoms with van der Waals surface area (Å²) in [6.45, 7) is 4.35. The van der Waals surface area contributed by atoms with Gasteiger partial charge in [-0.1, -0.05) is 308 Å². The van der Waals surface area contributed by atoms with Gasteiger partial charge in [-0.05, 0) is 44.9 Å². The molecular formula is C69H131NO10. The number of hydrogen-bond donors (Lipinski definition) is 6. The molecule has 6 N–H and O–H groups in total. The molecule has 0 spiro atoms. The van der Waals surface area contributed by atoms with Crippen LogP contribution in [0.25, 0.3) is 0 Å². The highest BCUT2D eigenvalue weighted by Crippen LogP contribution is 2.23. The largest absolute Gasteiger partial charge is 0.466 e. The molecule has 7 unspecified atom stereocenters. The molecule has 1 saturated heterocycles. The number of ether oxygens (including phenoxy) is 3. The van der Waals surface area contributed by atoms with Crippen molar-refractivity contribution in [2.45, 2.75) is 384 Å². The van der Waals surface area contributed by atoms with Gasteiger partial charge >= 0.3 is 5.97 Å². The summed E-state index contributed by atoms with van der Waals surface area (Å²) in [7, 11) is 0. The number of esters is 1. The predicted molar refractivity (Wildman–Crippen MR) is 334 cm³/mol. The van der Waals surface area contributed by atoms with Crippen molar-refractivity contribution in [2.75, 3.05) is 19.8 Å². The number of aliphatic hydroxyl groups is 5. The van der Waals surface area contributed by atoms with E-state index in [1.54, 1.807) is 6.08 Å². The molecule has 0 aliphatic carbocycles. The van der Waals surface area contributed by atoms with Crippen LogP contribution in [0.5, 0.6) is 0 Å². The number of hydrogen-bond acceptors (Lipinski definition) is 10.